The quantitative estimate of drug-likeness (QED) is 0.921. The minimum Gasteiger partial charge on any atom is -0.342 e. The summed E-state index contributed by atoms with van der Waals surface area (Å²) in [7, 11) is 1.94. The maximum Gasteiger partial charge on any atom is 0.252 e. The third kappa shape index (κ3) is 2.61. The lowest BCUT2D eigenvalue weighted by Gasteiger charge is -2.21. The molecule has 1 amide bonds. The second kappa shape index (κ2) is 5.35. The molecular formula is C13H17N3OS. The van der Waals surface area contributed by atoms with Crippen LogP contribution in [-0.2, 0) is 7.05 Å². The fourth-order valence-corrected chi connectivity index (χ4v) is 2.46. The topological polar surface area (TPSA) is 46.9 Å². The zero-order valence-corrected chi connectivity index (χ0v) is 11.6. The summed E-state index contributed by atoms with van der Waals surface area (Å²) in [6.07, 6.45) is 3.64. The van der Waals surface area contributed by atoms with E-state index in [4.69, 9.17) is 0 Å². The van der Waals surface area contributed by atoms with Crippen LogP contribution in [0.5, 0.6) is 0 Å². The Bertz CT molecular complexity index is 516. The molecule has 2 aromatic rings. The molecule has 0 unspecified atom stereocenters. The average Bonchev–Trinajstić information content (AvgIpc) is 2.96. The number of nitrogens with zero attached hydrogens (tertiary/aromatic N) is 2. The maximum atomic E-state index is 12.1. The highest BCUT2D eigenvalue weighted by Gasteiger charge is 2.22. The Morgan fingerprint density at radius 1 is 1.50 bits per heavy atom. The van der Waals surface area contributed by atoms with E-state index in [1.807, 2.05) is 34.6 Å². The third-order valence-corrected chi connectivity index (χ3v) is 3.56. The molecular weight excluding hydrogens is 246 g/mol. The lowest BCUT2D eigenvalue weighted by Crippen LogP contribution is -2.33. The first-order valence-electron chi connectivity index (χ1n) is 5.90. The summed E-state index contributed by atoms with van der Waals surface area (Å²) in [4.78, 5) is 16.4. The van der Waals surface area contributed by atoms with Crippen LogP contribution in [0.3, 0.4) is 0 Å². The Morgan fingerprint density at radius 2 is 2.28 bits per heavy atom. The van der Waals surface area contributed by atoms with Gasteiger partial charge in [0.25, 0.3) is 5.91 Å². The number of carbonyl (C=O) groups is 1. The largest absolute Gasteiger partial charge is 0.342 e. The van der Waals surface area contributed by atoms with Crippen LogP contribution in [0.4, 0.5) is 0 Å². The van der Waals surface area contributed by atoms with Crippen molar-refractivity contribution in [2.45, 2.75) is 19.9 Å². The van der Waals surface area contributed by atoms with Gasteiger partial charge in [-0.1, -0.05) is 13.8 Å². The molecule has 2 heterocycles. The Labute approximate surface area is 111 Å². The van der Waals surface area contributed by atoms with Gasteiger partial charge >= 0.3 is 0 Å². The Balaban J connectivity index is 2.18. The van der Waals surface area contributed by atoms with E-state index >= 15 is 0 Å². The summed E-state index contributed by atoms with van der Waals surface area (Å²) in [5, 5.41) is 6.80. The molecule has 4 nitrogen and oxygen atoms in total. The molecule has 0 aliphatic rings. The van der Waals surface area contributed by atoms with Crippen molar-refractivity contribution in [2.75, 3.05) is 0 Å². The number of thiophene rings is 1. The van der Waals surface area contributed by atoms with E-state index < -0.39 is 0 Å². The molecule has 2 aromatic heterocycles. The number of imidazole rings is 1. The molecule has 0 aromatic carbocycles. The van der Waals surface area contributed by atoms with Crippen LogP contribution in [0.25, 0.3) is 0 Å². The van der Waals surface area contributed by atoms with Gasteiger partial charge in [-0.2, -0.15) is 11.3 Å². The van der Waals surface area contributed by atoms with Gasteiger partial charge in [-0.05, 0) is 17.4 Å². The predicted octanol–water partition coefficient (Wildman–Crippen LogP) is 2.61. The first-order valence-corrected chi connectivity index (χ1v) is 6.84. The minimum atomic E-state index is -0.0719. The summed E-state index contributed by atoms with van der Waals surface area (Å²) in [6, 6.07) is 1.76. The number of aromatic nitrogens is 2. The summed E-state index contributed by atoms with van der Waals surface area (Å²) < 4.78 is 1.94. The average molecular weight is 263 g/mol. The van der Waals surface area contributed by atoms with E-state index in [-0.39, 0.29) is 17.9 Å². The molecule has 1 atom stereocenters. The highest BCUT2D eigenvalue weighted by molar-refractivity contribution is 7.08. The van der Waals surface area contributed by atoms with Crippen LogP contribution in [0.1, 0.15) is 36.1 Å². The van der Waals surface area contributed by atoms with Crippen molar-refractivity contribution in [3.8, 4) is 0 Å². The minimum absolute atomic E-state index is 0.0436. The molecule has 96 valence electrons. The fraction of sp³-hybridized carbons (Fsp3) is 0.385. The number of nitrogens with one attached hydrogen (secondary N) is 1. The molecule has 0 bridgehead atoms. The van der Waals surface area contributed by atoms with Crippen molar-refractivity contribution in [3.63, 3.8) is 0 Å². The number of carbonyl (C=O) groups excluding carboxylic acids is 1. The Hall–Kier alpha value is -1.62. The zero-order chi connectivity index (χ0) is 13.1. The Kier molecular flexibility index (Phi) is 3.81. The van der Waals surface area contributed by atoms with Gasteiger partial charge in [0.1, 0.15) is 5.82 Å². The number of aryl methyl sites for hydroxylation is 1. The van der Waals surface area contributed by atoms with Gasteiger partial charge in [0.15, 0.2) is 0 Å². The zero-order valence-electron chi connectivity index (χ0n) is 10.8. The SMILES string of the molecule is CC(C)[C@@H](NC(=O)c1ccsc1)c1nccn1C. The van der Waals surface area contributed by atoms with Crippen LogP contribution in [-0.4, -0.2) is 15.5 Å². The van der Waals surface area contributed by atoms with Gasteiger partial charge in [0, 0.05) is 24.8 Å². The highest BCUT2D eigenvalue weighted by Crippen LogP contribution is 2.20. The number of rotatable bonds is 4. The molecule has 0 aliphatic carbocycles. The van der Waals surface area contributed by atoms with Gasteiger partial charge in [-0.3, -0.25) is 4.79 Å². The van der Waals surface area contributed by atoms with Crippen molar-refractivity contribution >= 4 is 17.2 Å². The molecule has 1 N–H and O–H groups in total. The molecule has 0 spiro atoms. The van der Waals surface area contributed by atoms with Crippen LogP contribution in [0, 0.1) is 5.92 Å². The summed E-state index contributed by atoms with van der Waals surface area (Å²) in [5.41, 5.74) is 0.708. The van der Waals surface area contributed by atoms with E-state index in [2.05, 4.69) is 24.1 Å². The van der Waals surface area contributed by atoms with Crippen LogP contribution >= 0.6 is 11.3 Å². The van der Waals surface area contributed by atoms with Gasteiger partial charge < -0.3 is 9.88 Å². The Morgan fingerprint density at radius 3 is 2.78 bits per heavy atom. The van der Waals surface area contributed by atoms with Gasteiger partial charge in [0.05, 0.1) is 11.6 Å². The predicted molar refractivity (Wildman–Crippen MR) is 72.6 cm³/mol. The van der Waals surface area contributed by atoms with E-state index in [0.717, 1.165) is 5.82 Å². The maximum absolute atomic E-state index is 12.1. The highest BCUT2D eigenvalue weighted by atomic mass is 32.1. The van der Waals surface area contributed by atoms with Crippen molar-refractivity contribution < 1.29 is 4.79 Å². The molecule has 18 heavy (non-hydrogen) atoms. The summed E-state index contributed by atoms with van der Waals surface area (Å²) >= 11 is 1.52. The molecule has 0 fully saturated rings. The number of hydrogen-bond donors (Lipinski definition) is 1. The molecule has 0 aliphatic heterocycles. The van der Waals surface area contributed by atoms with Gasteiger partial charge in [-0.15, -0.1) is 0 Å². The van der Waals surface area contributed by atoms with Crippen molar-refractivity contribution in [2.24, 2.45) is 13.0 Å². The monoisotopic (exact) mass is 263 g/mol. The lowest BCUT2D eigenvalue weighted by atomic mass is 10.0. The third-order valence-electron chi connectivity index (χ3n) is 2.87. The molecule has 0 saturated carbocycles. The van der Waals surface area contributed by atoms with E-state index in [1.165, 1.54) is 11.3 Å². The number of amides is 1. The van der Waals surface area contributed by atoms with Crippen molar-refractivity contribution in [3.05, 3.63) is 40.6 Å². The second-order valence-corrected chi connectivity index (χ2v) is 5.38. The van der Waals surface area contributed by atoms with E-state index in [9.17, 15) is 4.79 Å². The van der Waals surface area contributed by atoms with Crippen molar-refractivity contribution in [1.82, 2.24) is 14.9 Å². The van der Waals surface area contributed by atoms with Crippen LogP contribution < -0.4 is 5.32 Å². The van der Waals surface area contributed by atoms with Crippen LogP contribution in [0.2, 0.25) is 0 Å². The lowest BCUT2D eigenvalue weighted by molar-refractivity contribution is 0.0923. The second-order valence-electron chi connectivity index (χ2n) is 4.60. The standard InChI is InChI=1S/C13H17N3OS/c1-9(2)11(12-14-5-6-16(12)3)15-13(17)10-4-7-18-8-10/h4-9,11H,1-3H3,(H,15,17)/t11-/m1/s1. The number of hydrogen-bond acceptors (Lipinski definition) is 3. The fourth-order valence-electron chi connectivity index (χ4n) is 1.82. The summed E-state index contributed by atoms with van der Waals surface area (Å²) in [6.45, 7) is 4.15. The summed E-state index contributed by atoms with van der Waals surface area (Å²) in [5.74, 6) is 1.13. The van der Waals surface area contributed by atoms with Crippen LogP contribution in [0.15, 0.2) is 29.2 Å². The smallest absolute Gasteiger partial charge is 0.252 e. The normalized spacial score (nSPS) is 12.7. The first kappa shape index (κ1) is 12.8. The first-order chi connectivity index (χ1) is 8.59. The van der Waals surface area contributed by atoms with Gasteiger partial charge in [-0.25, -0.2) is 4.98 Å². The molecule has 0 radical (unpaired) electrons. The van der Waals surface area contributed by atoms with Gasteiger partial charge in [0.2, 0.25) is 0 Å². The van der Waals surface area contributed by atoms with E-state index in [1.54, 1.807) is 6.20 Å². The molecule has 5 heteroatoms. The van der Waals surface area contributed by atoms with E-state index in [0.29, 0.717) is 5.56 Å². The molecule has 0 saturated heterocycles. The molecule has 2 rings (SSSR count). The van der Waals surface area contributed by atoms with Crippen molar-refractivity contribution in [1.29, 1.82) is 0 Å².